The van der Waals surface area contributed by atoms with Crippen molar-refractivity contribution in [3.8, 4) is 0 Å². The van der Waals surface area contributed by atoms with Gasteiger partial charge in [-0.15, -0.1) is 0 Å². The number of aliphatic hydroxyl groups is 1. The largest absolute Gasteiger partial charge is 0.472 e. The number of rotatable bonds is 69. The van der Waals surface area contributed by atoms with Crippen molar-refractivity contribution in [3.63, 3.8) is 0 Å². The minimum Gasteiger partial charge on any atom is -0.462 e. The molecule has 17 nitrogen and oxygen atoms in total. The van der Waals surface area contributed by atoms with Gasteiger partial charge in [-0.25, -0.2) is 9.13 Å². The van der Waals surface area contributed by atoms with Gasteiger partial charge in [0.05, 0.1) is 26.4 Å². The van der Waals surface area contributed by atoms with Gasteiger partial charge in [-0.1, -0.05) is 306 Å². The molecule has 540 valence electrons. The van der Waals surface area contributed by atoms with Gasteiger partial charge in [0.25, 0.3) is 0 Å². The van der Waals surface area contributed by atoms with E-state index in [-0.39, 0.29) is 25.7 Å². The van der Waals surface area contributed by atoms with Crippen molar-refractivity contribution in [1.29, 1.82) is 0 Å². The molecule has 0 aliphatic rings. The fourth-order valence-corrected chi connectivity index (χ4v) is 12.4. The predicted molar refractivity (Wildman–Crippen MR) is 367 cm³/mol. The molecule has 0 aromatic heterocycles. The van der Waals surface area contributed by atoms with Crippen LogP contribution in [0.2, 0.25) is 0 Å². The zero-order valence-electron chi connectivity index (χ0n) is 59.5. The second-order valence-electron chi connectivity index (χ2n) is 27.6. The number of ether oxygens (including phenoxy) is 4. The Morgan fingerprint density at radius 3 is 0.780 bits per heavy atom. The number of unbranched alkanes of at least 4 members (excludes halogenated alkanes) is 34. The van der Waals surface area contributed by atoms with Gasteiger partial charge in [0.1, 0.15) is 19.3 Å². The lowest BCUT2D eigenvalue weighted by Crippen LogP contribution is -2.30. The Balaban J connectivity index is 5.23. The predicted octanol–water partition coefficient (Wildman–Crippen LogP) is 20.5. The molecule has 4 unspecified atom stereocenters. The highest BCUT2D eigenvalue weighted by molar-refractivity contribution is 7.47. The topological polar surface area (TPSA) is 237 Å². The summed E-state index contributed by atoms with van der Waals surface area (Å²) >= 11 is 0. The summed E-state index contributed by atoms with van der Waals surface area (Å²) in [4.78, 5) is 72.6. The molecule has 0 aliphatic carbocycles. The summed E-state index contributed by atoms with van der Waals surface area (Å²) in [5, 5.41) is 10.6. The fourth-order valence-electron chi connectivity index (χ4n) is 10.8. The molecule has 0 heterocycles. The van der Waals surface area contributed by atoms with Crippen molar-refractivity contribution in [1.82, 2.24) is 0 Å². The van der Waals surface area contributed by atoms with Crippen molar-refractivity contribution < 1.29 is 80.2 Å². The molecule has 3 N–H and O–H groups in total. The maximum atomic E-state index is 13.0. The molecule has 0 radical (unpaired) electrons. The van der Waals surface area contributed by atoms with Crippen molar-refractivity contribution in [2.24, 2.45) is 23.7 Å². The number of carbonyl (C=O) groups excluding carboxylic acids is 4. The molecular weight excluding hydrogens is 1200 g/mol. The first-order valence-corrected chi connectivity index (χ1v) is 40.2. The number of aliphatic hydroxyl groups excluding tert-OH is 1. The van der Waals surface area contributed by atoms with Crippen molar-refractivity contribution in [2.75, 3.05) is 39.6 Å². The minimum absolute atomic E-state index is 0.102. The van der Waals surface area contributed by atoms with Crippen LogP contribution in [0.4, 0.5) is 0 Å². The number of phosphoric acid groups is 2. The highest BCUT2D eigenvalue weighted by Gasteiger charge is 2.30. The summed E-state index contributed by atoms with van der Waals surface area (Å²) < 4.78 is 68.3. The van der Waals surface area contributed by atoms with Gasteiger partial charge >= 0.3 is 39.5 Å². The van der Waals surface area contributed by atoms with E-state index >= 15 is 0 Å². The second kappa shape index (κ2) is 61.6. The number of carbonyl (C=O) groups is 4. The average Bonchev–Trinajstić information content (AvgIpc) is 3.20. The number of phosphoric ester groups is 2. The van der Waals surface area contributed by atoms with Crippen LogP contribution in [-0.2, 0) is 65.4 Å². The first-order chi connectivity index (χ1) is 43.6. The summed E-state index contributed by atoms with van der Waals surface area (Å²) in [6.07, 6.45) is 44.6. The molecule has 0 aromatic rings. The van der Waals surface area contributed by atoms with Gasteiger partial charge in [0.15, 0.2) is 12.2 Å². The Kier molecular flexibility index (Phi) is 60.3. The lowest BCUT2D eigenvalue weighted by atomic mass is 9.99. The van der Waals surface area contributed by atoms with E-state index in [0.717, 1.165) is 108 Å². The lowest BCUT2D eigenvalue weighted by Gasteiger charge is -2.21. The zero-order chi connectivity index (χ0) is 67.5. The molecule has 0 rings (SSSR count). The van der Waals surface area contributed by atoms with Crippen LogP contribution >= 0.6 is 15.6 Å². The first-order valence-electron chi connectivity index (χ1n) is 37.2. The van der Waals surface area contributed by atoms with Gasteiger partial charge in [-0.05, 0) is 49.4 Å². The third-order valence-electron chi connectivity index (χ3n) is 16.9. The monoisotopic (exact) mass is 1340 g/mol. The standard InChI is InChI=1S/C72H140O17P2/c1-9-65(8)51-43-35-27-19-14-12-10-11-13-15-21-29-38-46-54-71(76)88-67(58-82-69(74)52-44-36-28-20-17-16-18-24-32-40-48-62(2)3)60-86-90(78,79)84-56-66(73)57-85-91(80,81)87-61-68(89-72(77)55-47-39-31-23-26-34-42-50-64(6)7)59-83-70(75)53-45-37-30-22-25-33-41-49-63(4)5/h62-68,73H,9-61H2,1-8H3,(H,78,79)(H,80,81)/t65?,66?,67-,68-/m1/s1. The lowest BCUT2D eigenvalue weighted by molar-refractivity contribution is -0.161. The Morgan fingerprint density at radius 2 is 0.527 bits per heavy atom. The molecule has 91 heavy (non-hydrogen) atoms. The molecule has 19 heteroatoms. The molecule has 0 saturated carbocycles. The summed E-state index contributed by atoms with van der Waals surface area (Å²) in [7, 11) is -9.90. The molecule has 0 aliphatic heterocycles. The van der Waals surface area contributed by atoms with Crippen molar-refractivity contribution in [2.45, 2.75) is 375 Å². The zero-order valence-corrected chi connectivity index (χ0v) is 61.3. The molecule has 0 aromatic carbocycles. The van der Waals surface area contributed by atoms with Gasteiger partial charge in [0, 0.05) is 25.7 Å². The Labute approximate surface area is 556 Å². The number of hydrogen-bond donors (Lipinski definition) is 3. The number of esters is 4. The summed E-state index contributed by atoms with van der Waals surface area (Å²) in [5.74, 6) is 0.876. The normalized spacial score (nSPS) is 14.5. The van der Waals surface area contributed by atoms with E-state index < -0.39 is 97.5 Å². The van der Waals surface area contributed by atoms with Gasteiger partial charge in [-0.3, -0.25) is 37.3 Å². The summed E-state index contributed by atoms with van der Waals surface area (Å²) in [6, 6.07) is 0. The van der Waals surface area contributed by atoms with E-state index in [9.17, 15) is 43.2 Å². The van der Waals surface area contributed by atoms with Crippen LogP contribution in [0, 0.1) is 23.7 Å². The van der Waals surface area contributed by atoms with Crippen LogP contribution in [-0.4, -0.2) is 96.7 Å². The van der Waals surface area contributed by atoms with Gasteiger partial charge < -0.3 is 33.8 Å². The van der Waals surface area contributed by atoms with Gasteiger partial charge in [-0.2, -0.15) is 0 Å². The maximum Gasteiger partial charge on any atom is 0.472 e. The molecule has 0 bridgehead atoms. The van der Waals surface area contributed by atoms with Crippen LogP contribution in [0.25, 0.3) is 0 Å². The van der Waals surface area contributed by atoms with Crippen LogP contribution in [0.3, 0.4) is 0 Å². The Bertz CT molecular complexity index is 1800. The van der Waals surface area contributed by atoms with E-state index in [4.69, 9.17) is 37.0 Å². The highest BCUT2D eigenvalue weighted by Crippen LogP contribution is 2.45. The van der Waals surface area contributed by atoms with Crippen LogP contribution in [0.1, 0.15) is 357 Å². The van der Waals surface area contributed by atoms with Crippen molar-refractivity contribution in [3.05, 3.63) is 0 Å². The molecule has 0 amide bonds. The first kappa shape index (κ1) is 89.1. The fraction of sp³-hybridized carbons (Fsp3) is 0.944. The highest BCUT2D eigenvalue weighted by atomic mass is 31.2. The van der Waals surface area contributed by atoms with Crippen LogP contribution < -0.4 is 0 Å². The minimum atomic E-state index is -4.95. The summed E-state index contributed by atoms with van der Waals surface area (Å²) in [6.45, 7) is 14.1. The van der Waals surface area contributed by atoms with E-state index in [1.54, 1.807) is 0 Å². The average molecular weight is 1340 g/mol. The van der Waals surface area contributed by atoms with Crippen LogP contribution in [0.5, 0.6) is 0 Å². The third-order valence-corrected chi connectivity index (χ3v) is 18.8. The molecule has 0 fully saturated rings. The molecule has 6 atom stereocenters. The maximum absolute atomic E-state index is 13.0. The molecule has 0 spiro atoms. The Hall–Kier alpha value is -1.94. The summed E-state index contributed by atoms with van der Waals surface area (Å²) in [5.41, 5.74) is 0. The van der Waals surface area contributed by atoms with E-state index in [0.29, 0.717) is 37.5 Å². The van der Waals surface area contributed by atoms with Crippen LogP contribution in [0.15, 0.2) is 0 Å². The molecular formula is C72H140O17P2. The third kappa shape index (κ3) is 65.1. The smallest absolute Gasteiger partial charge is 0.462 e. The quantitative estimate of drug-likeness (QED) is 0.0222. The second-order valence-corrected chi connectivity index (χ2v) is 30.6. The van der Waals surface area contributed by atoms with E-state index in [2.05, 4.69) is 55.4 Å². The van der Waals surface area contributed by atoms with E-state index in [1.165, 1.54) is 154 Å². The number of hydrogen-bond acceptors (Lipinski definition) is 15. The van der Waals surface area contributed by atoms with E-state index in [1.807, 2.05) is 0 Å². The molecule has 0 saturated heterocycles. The van der Waals surface area contributed by atoms with Crippen molar-refractivity contribution >= 4 is 39.5 Å². The SMILES string of the molecule is CCC(C)CCCCCCCCCCCCCCCCC(=O)O[C@H](COC(=O)CCCCCCCCCCCCC(C)C)COP(=O)(O)OCC(O)COP(=O)(O)OC[C@@H](COC(=O)CCCCCCCCCC(C)C)OC(=O)CCCCCCCCCC(C)C. The Morgan fingerprint density at radius 1 is 0.308 bits per heavy atom. The van der Waals surface area contributed by atoms with Gasteiger partial charge in [0.2, 0.25) is 0 Å².